The summed E-state index contributed by atoms with van der Waals surface area (Å²) in [6.07, 6.45) is 11.9. The summed E-state index contributed by atoms with van der Waals surface area (Å²) < 4.78 is 23.8. The first-order valence-electron chi connectivity index (χ1n) is 11.6. The van der Waals surface area contributed by atoms with Gasteiger partial charge in [0.2, 0.25) is 0 Å². The molecule has 0 bridgehead atoms. The van der Waals surface area contributed by atoms with Crippen LogP contribution in [0.1, 0.15) is 44.9 Å². The van der Waals surface area contributed by atoms with E-state index in [9.17, 15) is 24.0 Å². The highest BCUT2D eigenvalue weighted by atomic mass is 32.2. The van der Waals surface area contributed by atoms with Gasteiger partial charge in [-0.3, -0.25) is 9.59 Å². The lowest BCUT2D eigenvalue weighted by Gasteiger charge is -2.06. The van der Waals surface area contributed by atoms with Gasteiger partial charge in [0.1, 0.15) is 6.42 Å². The number of hydrogen-bond donors (Lipinski definition) is 0. The Balaban J connectivity index is 3.56. The number of thioether (sulfide) groups is 2. The number of carbonyl (C=O) groups is 5. The highest BCUT2D eigenvalue weighted by molar-refractivity contribution is 8.02. The summed E-state index contributed by atoms with van der Waals surface area (Å²) in [4.78, 5) is 56.3. The molecule has 0 heterocycles. The minimum Gasteiger partial charge on any atom is -0.466 e. The molecule has 37 heavy (non-hydrogen) atoms. The van der Waals surface area contributed by atoms with Gasteiger partial charge in [-0.2, -0.15) is 0 Å². The molecule has 206 valence electrons. The molecule has 0 saturated heterocycles. The van der Waals surface area contributed by atoms with E-state index in [1.54, 1.807) is 28.5 Å². The molecule has 12 heteroatoms. The van der Waals surface area contributed by atoms with Crippen molar-refractivity contribution in [1.29, 1.82) is 0 Å². The van der Waals surface area contributed by atoms with Crippen molar-refractivity contribution in [3.8, 4) is 12.3 Å². The summed E-state index contributed by atoms with van der Waals surface area (Å²) in [6.45, 7) is 0.0619. The molecule has 0 aliphatic carbocycles. The normalized spacial score (nSPS) is 10.6. The number of methoxy groups -OCH3 is 1. The quantitative estimate of drug-likeness (QED) is 0.0390. The highest BCUT2D eigenvalue weighted by Gasteiger charge is 2.12. The van der Waals surface area contributed by atoms with Crippen LogP contribution in [0.4, 0.5) is 0 Å². The third-order valence-electron chi connectivity index (χ3n) is 4.06. The predicted octanol–water partition coefficient (Wildman–Crippen LogP) is 3.19. The van der Waals surface area contributed by atoms with Gasteiger partial charge in [0.05, 0.1) is 33.5 Å². The lowest BCUT2D eigenvalue weighted by Crippen LogP contribution is -2.16. The minimum atomic E-state index is -0.798. The third-order valence-corrected chi connectivity index (χ3v) is 5.77. The zero-order valence-electron chi connectivity index (χ0n) is 21.0. The van der Waals surface area contributed by atoms with Crippen LogP contribution in [-0.4, -0.2) is 74.9 Å². The molecule has 0 aliphatic rings. The Labute approximate surface area is 226 Å². The molecular weight excluding hydrogens is 524 g/mol. The summed E-state index contributed by atoms with van der Waals surface area (Å²) in [6, 6.07) is 0. The first kappa shape index (κ1) is 34.1. The Bertz CT molecular complexity index is 802. The van der Waals surface area contributed by atoms with Crippen molar-refractivity contribution in [1.82, 2.24) is 0 Å². The molecule has 0 saturated carbocycles. The molecule has 0 aromatic carbocycles. The van der Waals surface area contributed by atoms with Crippen LogP contribution in [-0.2, 0) is 47.7 Å². The van der Waals surface area contributed by atoms with Gasteiger partial charge >= 0.3 is 29.8 Å². The van der Waals surface area contributed by atoms with E-state index in [1.165, 1.54) is 31.0 Å². The Hall–Kier alpha value is -2.91. The number of hydrogen-bond acceptors (Lipinski definition) is 12. The SMILES string of the molecule is C#CC(=O)OCCCOC(=O)CC(=O)OCCCOC(=O)/C=C/SCCCCCCS/C=C/C(=O)OC. The van der Waals surface area contributed by atoms with Crippen molar-refractivity contribution in [3.63, 3.8) is 0 Å². The summed E-state index contributed by atoms with van der Waals surface area (Å²) in [5.74, 6) is 0.498. The van der Waals surface area contributed by atoms with E-state index in [0.717, 1.165) is 37.2 Å². The zero-order valence-corrected chi connectivity index (χ0v) is 22.6. The minimum absolute atomic E-state index is 0.0000282. The Morgan fingerprint density at radius 2 is 1.16 bits per heavy atom. The van der Waals surface area contributed by atoms with Gasteiger partial charge in [-0.05, 0) is 35.2 Å². The van der Waals surface area contributed by atoms with Gasteiger partial charge in [-0.25, -0.2) is 14.4 Å². The number of rotatable bonds is 21. The highest BCUT2D eigenvalue weighted by Crippen LogP contribution is 2.12. The fourth-order valence-electron chi connectivity index (χ4n) is 2.27. The number of esters is 5. The predicted molar refractivity (Wildman–Crippen MR) is 140 cm³/mol. The van der Waals surface area contributed by atoms with Crippen molar-refractivity contribution >= 4 is 53.4 Å². The van der Waals surface area contributed by atoms with Crippen molar-refractivity contribution < 1.29 is 47.7 Å². The van der Waals surface area contributed by atoms with Crippen molar-refractivity contribution in [2.24, 2.45) is 0 Å². The van der Waals surface area contributed by atoms with Crippen LogP contribution in [0.25, 0.3) is 0 Å². The number of unbranched alkanes of at least 4 members (excludes halogenated alkanes) is 3. The number of carbonyl (C=O) groups excluding carboxylic acids is 5. The average Bonchev–Trinajstić information content (AvgIpc) is 2.88. The fraction of sp³-hybridized carbons (Fsp3) is 0.560. The standard InChI is InChI=1S/C25H34O10S2/c1-3-21(26)32-12-8-14-34-24(29)20-25(30)35-15-9-13-33-23(28)11-19-37-17-7-5-4-6-16-36-18-10-22(27)31-2/h1,10-11,18-19H,4-9,12-17,20H2,2H3/b18-10+,19-11+. The molecule has 0 aromatic heterocycles. The lowest BCUT2D eigenvalue weighted by atomic mass is 10.2. The number of terminal acetylenes is 1. The summed E-state index contributed by atoms with van der Waals surface area (Å²) in [7, 11) is 1.35. The second-order valence-electron chi connectivity index (χ2n) is 7.06. The van der Waals surface area contributed by atoms with E-state index in [1.807, 2.05) is 0 Å². The van der Waals surface area contributed by atoms with Gasteiger partial charge in [-0.1, -0.05) is 12.8 Å². The molecule has 0 fully saturated rings. The van der Waals surface area contributed by atoms with Crippen molar-refractivity contribution in [2.45, 2.75) is 44.9 Å². The van der Waals surface area contributed by atoms with Crippen LogP contribution in [0.3, 0.4) is 0 Å². The van der Waals surface area contributed by atoms with E-state index < -0.39 is 30.3 Å². The van der Waals surface area contributed by atoms with Crippen LogP contribution in [0, 0.1) is 12.3 Å². The summed E-state index contributed by atoms with van der Waals surface area (Å²) in [5, 5.41) is 3.44. The van der Waals surface area contributed by atoms with Crippen molar-refractivity contribution in [2.75, 3.05) is 45.0 Å². The van der Waals surface area contributed by atoms with Gasteiger partial charge in [-0.15, -0.1) is 29.9 Å². The second-order valence-corrected chi connectivity index (χ2v) is 9.08. The molecule has 10 nitrogen and oxygen atoms in total. The topological polar surface area (TPSA) is 132 Å². The maximum atomic E-state index is 11.6. The number of ether oxygens (including phenoxy) is 5. The average molecular weight is 559 g/mol. The molecule has 0 N–H and O–H groups in total. The maximum absolute atomic E-state index is 11.6. The summed E-state index contributed by atoms with van der Waals surface area (Å²) in [5.41, 5.74) is 0. The molecule has 0 amide bonds. The smallest absolute Gasteiger partial charge is 0.384 e. The van der Waals surface area contributed by atoms with Crippen LogP contribution < -0.4 is 0 Å². The van der Waals surface area contributed by atoms with Gasteiger partial charge < -0.3 is 23.7 Å². The lowest BCUT2D eigenvalue weighted by molar-refractivity contribution is -0.154. The molecule has 0 atom stereocenters. The van der Waals surface area contributed by atoms with Crippen LogP contribution in [0.15, 0.2) is 23.0 Å². The van der Waals surface area contributed by atoms with Gasteiger partial charge in [0.15, 0.2) is 0 Å². The Morgan fingerprint density at radius 3 is 1.68 bits per heavy atom. The molecule has 0 aromatic rings. The molecule has 0 unspecified atom stereocenters. The summed E-state index contributed by atoms with van der Waals surface area (Å²) >= 11 is 3.11. The van der Waals surface area contributed by atoms with Crippen LogP contribution in [0.5, 0.6) is 0 Å². The van der Waals surface area contributed by atoms with Crippen molar-refractivity contribution in [3.05, 3.63) is 23.0 Å². The molecule has 0 spiro atoms. The first-order valence-corrected chi connectivity index (χ1v) is 13.7. The van der Waals surface area contributed by atoms with E-state index in [2.05, 4.69) is 9.47 Å². The van der Waals surface area contributed by atoms with E-state index >= 15 is 0 Å². The molecule has 0 rings (SSSR count). The zero-order chi connectivity index (χ0) is 27.6. The monoisotopic (exact) mass is 558 g/mol. The molecule has 0 radical (unpaired) electrons. The van der Waals surface area contributed by atoms with Crippen LogP contribution >= 0.6 is 23.5 Å². The van der Waals surface area contributed by atoms with Gasteiger partial charge in [0.25, 0.3) is 0 Å². The maximum Gasteiger partial charge on any atom is 0.384 e. The first-order chi connectivity index (χ1) is 17.9. The van der Waals surface area contributed by atoms with E-state index in [0.29, 0.717) is 6.42 Å². The molecular formula is C25H34O10S2. The third kappa shape index (κ3) is 24.6. The fourth-order valence-corrected chi connectivity index (χ4v) is 3.70. The Morgan fingerprint density at radius 1 is 0.676 bits per heavy atom. The van der Waals surface area contributed by atoms with Crippen LogP contribution in [0.2, 0.25) is 0 Å². The molecule has 0 aliphatic heterocycles. The van der Waals surface area contributed by atoms with Gasteiger partial charge in [0, 0.05) is 30.9 Å². The Kier molecular flexibility index (Phi) is 22.8. The van der Waals surface area contributed by atoms with E-state index in [-0.39, 0.29) is 38.8 Å². The largest absolute Gasteiger partial charge is 0.466 e. The van der Waals surface area contributed by atoms with E-state index in [4.69, 9.17) is 20.6 Å². The second kappa shape index (κ2) is 24.8.